The van der Waals surface area contributed by atoms with Crippen LogP contribution in [0.1, 0.15) is 43.2 Å². The fraction of sp³-hybridized carbons (Fsp3) is 0.444. The van der Waals surface area contributed by atoms with E-state index in [1.165, 1.54) is 17.4 Å². The van der Waals surface area contributed by atoms with E-state index in [4.69, 9.17) is 21.4 Å². The topological polar surface area (TPSA) is 83.0 Å². The molecule has 2 aliphatic rings. The Bertz CT molecular complexity index is 1390. The molecular formula is C27H27ClF3N3O4S. The molecular weight excluding hydrogens is 555 g/mol. The number of carboxylic acid groups (broad SMARTS) is 1. The number of likely N-dealkylation sites (tertiary alicyclic amines) is 1. The van der Waals surface area contributed by atoms with Gasteiger partial charge < -0.3 is 19.6 Å². The quantitative estimate of drug-likeness (QED) is 0.350. The number of anilines is 1. The maximum Gasteiger partial charge on any atom is 0.416 e. The molecule has 0 atom stereocenters. The van der Waals surface area contributed by atoms with Crippen molar-refractivity contribution in [1.29, 1.82) is 0 Å². The number of benzene rings is 2. The molecule has 0 aliphatic carbocycles. The summed E-state index contributed by atoms with van der Waals surface area (Å²) in [6.07, 6.45) is -1.33. The number of piperidine rings is 1. The normalized spacial score (nSPS) is 17.7. The van der Waals surface area contributed by atoms with Crippen LogP contribution in [0.15, 0.2) is 36.4 Å². The zero-order valence-corrected chi connectivity index (χ0v) is 22.5. The van der Waals surface area contributed by atoms with Gasteiger partial charge in [-0.15, -0.1) is 0 Å². The van der Waals surface area contributed by atoms with Crippen LogP contribution in [-0.4, -0.2) is 58.6 Å². The largest absolute Gasteiger partial charge is 0.493 e. The summed E-state index contributed by atoms with van der Waals surface area (Å²) in [4.78, 5) is 32.5. The van der Waals surface area contributed by atoms with E-state index in [9.17, 15) is 22.8 Å². The monoisotopic (exact) mass is 581 g/mol. The van der Waals surface area contributed by atoms with Gasteiger partial charge in [0.05, 0.1) is 28.8 Å². The van der Waals surface area contributed by atoms with Gasteiger partial charge >= 0.3 is 12.1 Å². The standard InChI is InChI=1S/C27H27ClF3N3O4S/c28-19-12-17(14-24(36)37)13-20(16-19)38-11-7-26(34-8-1-2-23(34)35)5-9-33(10-6-26)25-32-21-4-3-18(27(29,30)31)15-22(21)39-25/h3-4,12-13,15-16H,1-2,5-11,14H2,(H,36,37). The number of carbonyl (C=O) groups is 2. The third-order valence-corrected chi connectivity index (χ3v) is 8.73. The van der Waals surface area contributed by atoms with Crippen LogP contribution in [-0.2, 0) is 22.2 Å². The maximum absolute atomic E-state index is 13.1. The van der Waals surface area contributed by atoms with Gasteiger partial charge in [0.2, 0.25) is 5.91 Å². The first-order valence-electron chi connectivity index (χ1n) is 12.7. The molecule has 7 nitrogen and oxygen atoms in total. The van der Waals surface area contributed by atoms with Gasteiger partial charge in [0, 0.05) is 43.0 Å². The Morgan fingerprint density at radius 3 is 2.59 bits per heavy atom. The van der Waals surface area contributed by atoms with Crippen molar-refractivity contribution >= 4 is 50.2 Å². The molecule has 12 heteroatoms. The van der Waals surface area contributed by atoms with Gasteiger partial charge in [-0.25, -0.2) is 4.98 Å². The Labute approximate surface area is 232 Å². The average molecular weight is 582 g/mol. The number of hydrogen-bond acceptors (Lipinski definition) is 6. The number of rotatable bonds is 8. The van der Waals surface area contributed by atoms with Gasteiger partial charge in [0.25, 0.3) is 0 Å². The second-order valence-electron chi connectivity index (χ2n) is 10.0. The van der Waals surface area contributed by atoms with Crippen LogP contribution in [0.5, 0.6) is 5.75 Å². The number of hydrogen-bond donors (Lipinski definition) is 1. The van der Waals surface area contributed by atoms with Crippen LogP contribution >= 0.6 is 22.9 Å². The van der Waals surface area contributed by atoms with Crippen LogP contribution in [0, 0.1) is 0 Å². The van der Waals surface area contributed by atoms with E-state index < -0.39 is 23.2 Å². The van der Waals surface area contributed by atoms with Crippen LogP contribution < -0.4 is 9.64 Å². The van der Waals surface area contributed by atoms with Crippen molar-refractivity contribution in [3.63, 3.8) is 0 Å². The third-order valence-electron chi connectivity index (χ3n) is 7.44. The lowest BCUT2D eigenvalue weighted by Crippen LogP contribution is -2.56. The maximum atomic E-state index is 13.1. The van der Waals surface area contributed by atoms with Gasteiger partial charge in [-0.2, -0.15) is 13.2 Å². The zero-order chi connectivity index (χ0) is 27.8. The Balaban J connectivity index is 1.29. The fourth-order valence-corrected chi connectivity index (χ4v) is 6.79. The summed E-state index contributed by atoms with van der Waals surface area (Å²) in [5.41, 5.74) is -0.0231. The molecule has 2 aromatic carbocycles. The van der Waals surface area contributed by atoms with E-state index in [0.29, 0.717) is 83.6 Å². The Kier molecular flexibility index (Phi) is 7.65. The molecule has 1 aromatic heterocycles. The van der Waals surface area contributed by atoms with Crippen LogP contribution in [0.3, 0.4) is 0 Å². The number of fused-ring (bicyclic) bond motifs is 1. The van der Waals surface area contributed by atoms with E-state index in [1.54, 1.807) is 18.2 Å². The summed E-state index contributed by atoms with van der Waals surface area (Å²) in [5.74, 6) is -0.364. The molecule has 0 unspecified atom stereocenters. The van der Waals surface area contributed by atoms with Crippen molar-refractivity contribution in [3.05, 3.63) is 52.5 Å². The summed E-state index contributed by atoms with van der Waals surface area (Å²) in [7, 11) is 0. The van der Waals surface area contributed by atoms with Crippen molar-refractivity contribution in [1.82, 2.24) is 9.88 Å². The van der Waals surface area contributed by atoms with Crippen molar-refractivity contribution in [2.75, 3.05) is 31.1 Å². The Morgan fingerprint density at radius 2 is 1.92 bits per heavy atom. The highest BCUT2D eigenvalue weighted by molar-refractivity contribution is 7.22. The van der Waals surface area contributed by atoms with E-state index in [-0.39, 0.29) is 12.3 Å². The fourth-order valence-electron chi connectivity index (χ4n) is 5.48. The van der Waals surface area contributed by atoms with Gasteiger partial charge in [-0.05, 0) is 61.2 Å². The van der Waals surface area contributed by atoms with E-state index >= 15 is 0 Å². The van der Waals surface area contributed by atoms with Crippen molar-refractivity contribution in [2.45, 2.75) is 50.2 Å². The smallest absolute Gasteiger partial charge is 0.416 e. The van der Waals surface area contributed by atoms with Crippen molar-refractivity contribution in [3.8, 4) is 5.75 Å². The summed E-state index contributed by atoms with van der Waals surface area (Å²) >= 11 is 7.40. The molecule has 39 heavy (non-hydrogen) atoms. The summed E-state index contributed by atoms with van der Waals surface area (Å²) < 4.78 is 45.9. The van der Waals surface area contributed by atoms with Gasteiger partial charge in [-0.1, -0.05) is 22.9 Å². The van der Waals surface area contributed by atoms with Gasteiger partial charge in [-0.3, -0.25) is 9.59 Å². The Morgan fingerprint density at radius 1 is 1.15 bits per heavy atom. The second kappa shape index (κ2) is 10.8. The van der Waals surface area contributed by atoms with Gasteiger partial charge in [0.15, 0.2) is 5.13 Å². The number of halogens is 4. The van der Waals surface area contributed by atoms with Crippen molar-refractivity contribution in [2.24, 2.45) is 0 Å². The number of nitrogens with zero attached hydrogens (tertiary/aromatic N) is 3. The molecule has 2 aliphatic heterocycles. The number of thiazole rings is 1. The molecule has 0 spiro atoms. The minimum absolute atomic E-state index is 0.120. The molecule has 2 saturated heterocycles. The average Bonchev–Trinajstić information content (AvgIpc) is 3.49. The van der Waals surface area contributed by atoms with E-state index in [2.05, 4.69) is 9.88 Å². The molecule has 3 aromatic rings. The number of aliphatic carboxylic acids is 1. The summed E-state index contributed by atoms with van der Waals surface area (Å²) in [6.45, 7) is 2.21. The highest BCUT2D eigenvalue weighted by Crippen LogP contribution is 2.40. The van der Waals surface area contributed by atoms with Crippen molar-refractivity contribution < 1.29 is 32.6 Å². The van der Waals surface area contributed by atoms with Crippen LogP contribution in [0.4, 0.5) is 18.3 Å². The SMILES string of the molecule is O=C(O)Cc1cc(Cl)cc(OCCC2(N3CCCC3=O)CCN(c3nc4ccc(C(F)(F)F)cc4s3)CC2)c1. The molecule has 0 saturated carbocycles. The summed E-state index contributed by atoms with van der Waals surface area (Å²) in [5, 5.41) is 10.2. The second-order valence-corrected chi connectivity index (χ2v) is 11.4. The van der Waals surface area contributed by atoms with Gasteiger partial charge in [0.1, 0.15) is 5.75 Å². The molecule has 208 valence electrons. The lowest BCUT2D eigenvalue weighted by molar-refractivity contribution is -0.138. The zero-order valence-electron chi connectivity index (χ0n) is 21.0. The molecule has 0 radical (unpaired) electrons. The summed E-state index contributed by atoms with van der Waals surface area (Å²) in [6, 6.07) is 8.49. The number of carboxylic acids is 1. The number of amides is 1. The highest BCUT2D eigenvalue weighted by atomic mass is 35.5. The highest BCUT2D eigenvalue weighted by Gasteiger charge is 2.44. The molecule has 1 amide bonds. The third kappa shape index (κ3) is 6.09. The first-order valence-corrected chi connectivity index (χ1v) is 13.9. The van der Waals surface area contributed by atoms with E-state index in [0.717, 1.165) is 18.6 Å². The minimum atomic E-state index is -4.41. The van der Waals surface area contributed by atoms with Crippen LogP contribution in [0.25, 0.3) is 10.2 Å². The first kappa shape index (κ1) is 27.5. The molecule has 5 rings (SSSR count). The molecule has 0 bridgehead atoms. The Hall–Kier alpha value is -3.05. The predicted octanol–water partition coefficient (Wildman–Crippen LogP) is 6.03. The first-order chi connectivity index (χ1) is 18.5. The number of aromatic nitrogens is 1. The minimum Gasteiger partial charge on any atom is -0.493 e. The van der Waals surface area contributed by atoms with Crippen LogP contribution in [0.2, 0.25) is 5.02 Å². The molecule has 2 fully saturated rings. The number of ether oxygens (including phenoxy) is 1. The number of alkyl halides is 3. The lowest BCUT2D eigenvalue weighted by Gasteiger charge is -2.47. The van der Waals surface area contributed by atoms with E-state index in [1.807, 2.05) is 4.90 Å². The predicted molar refractivity (Wildman–Crippen MR) is 143 cm³/mol. The number of carbonyl (C=O) groups excluding carboxylic acids is 1. The molecule has 3 heterocycles. The lowest BCUT2D eigenvalue weighted by atomic mass is 9.83. The molecule has 1 N–H and O–H groups in total.